The highest BCUT2D eigenvalue weighted by Gasteiger charge is 2.23. The first-order valence-electron chi connectivity index (χ1n) is 7.29. The Bertz CT molecular complexity index is 876. The summed E-state index contributed by atoms with van der Waals surface area (Å²) in [5.41, 5.74) is 0.870. The summed E-state index contributed by atoms with van der Waals surface area (Å²) in [7, 11) is -3.96. The van der Waals surface area contributed by atoms with Crippen molar-refractivity contribution in [3.63, 3.8) is 0 Å². The average Bonchev–Trinajstić information content (AvgIpc) is 2.54. The quantitative estimate of drug-likeness (QED) is 0.718. The number of carboxylic acids is 1. The smallest absolute Gasteiger partial charge is 0.305 e. The standard InChI is InChI=1S/C17H16ClNO5S/c1-11(20)12-4-8-15(9-5-12)25(23,24)19-16(10-17(21)22)13-2-6-14(18)7-3-13/h2-9,16,19H,10H2,1H3,(H,21,22). The number of nitrogens with one attached hydrogen (secondary N) is 1. The van der Waals surface area contributed by atoms with Crippen molar-refractivity contribution in [1.29, 1.82) is 0 Å². The largest absolute Gasteiger partial charge is 0.481 e. The predicted octanol–water partition coefficient (Wildman–Crippen LogP) is 3.04. The lowest BCUT2D eigenvalue weighted by Crippen LogP contribution is -2.30. The lowest BCUT2D eigenvalue weighted by Gasteiger charge is -2.18. The van der Waals surface area contributed by atoms with Crippen LogP contribution in [-0.4, -0.2) is 25.3 Å². The van der Waals surface area contributed by atoms with Crippen molar-refractivity contribution in [3.8, 4) is 0 Å². The van der Waals surface area contributed by atoms with Gasteiger partial charge in [-0.3, -0.25) is 9.59 Å². The molecular formula is C17H16ClNO5S. The van der Waals surface area contributed by atoms with Crippen LogP contribution in [0.25, 0.3) is 0 Å². The molecule has 0 amide bonds. The van der Waals surface area contributed by atoms with E-state index in [2.05, 4.69) is 4.72 Å². The molecular weight excluding hydrogens is 366 g/mol. The van der Waals surface area contributed by atoms with Crippen LogP contribution in [0.1, 0.15) is 35.3 Å². The van der Waals surface area contributed by atoms with Crippen LogP contribution >= 0.6 is 11.6 Å². The lowest BCUT2D eigenvalue weighted by atomic mass is 10.1. The minimum Gasteiger partial charge on any atom is -0.481 e. The van der Waals surface area contributed by atoms with Gasteiger partial charge in [0, 0.05) is 10.6 Å². The van der Waals surface area contributed by atoms with Gasteiger partial charge in [0.05, 0.1) is 17.4 Å². The summed E-state index contributed by atoms with van der Waals surface area (Å²) < 4.78 is 27.4. The molecule has 0 aliphatic rings. The molecule has 0 fully saturated rings. The zero-order chi connectivity index (χ0) is 18.6. The van der Waals surface area contributed by atoms with Crippen LogP contribution in [0.2, 0.25) is 5.02 Å². The maximum absolute atomic E-state index is 12.5. The second-order valence-electron chi connectivity index (χ2n) is 5.40. The molecule has 2 aromatic rings. The van der Waals surface area contributed by atoms with Gasteiger partial charge in [0.15, 0.2) is 5.78 Å². The number of benzene rings is 2. The molecule has 6 nitrogen and oxygen atoms in total. The third-order valence-corrected chi connectivity index (χ3v) is 5.26. The van der Waals surface area contributed by atoms with Crippen molar-refractivity contribution in [1.82, 2.24) is 4.72 Å². The lowest BCUT2D eigenvalue weighted by molar-refractivity contribution is -0.137. The molecule has 0 bridgehead atoms. The van der Waals surface area contributed by atoms with Gasteiger partial charge in [-0.05, 0) is 36.8 Å². The van der Waals surface area contributed by atoms with E-state index in [4.69, 9.17) is 16.7 Å². The van der Waals surface area contributed by atoms with Gasteiger partial charge in [0.2, 0.25) is 10.0 Å². The van der Waals surface area contributed by atoms with Crippen molar-refractivity contribution >= 4 is 33.4 Å². The van der Waals surface area contributed by atoms with Gasteiger partial charge in [-0.25, -0.2) is 13.1 Å². The maximum atomic E-state index is 12.5. The molecule has 132 valence electrons. The zero-order valence-corrected chi connectivity index (χ0v) is 14.8. The van der Waals surface area contributed by atoms with Crippen LogP contribution in [0.4, 0.5) is 0 Å². The van der Waals surface area contributed by atoms with E-state index >= 15 is 0 Å². The molecule has 0 heterocycles. The Hall–Kier alpha value is -2.22. The number of hydrogen-bond acceptors (Lipinski definition) is 4. The molecule has 0 saturated carbocycles. The van der Waals surface area contributed by atoms with Crippen LogP contribution in [0, 0.1) is 0 Å². The Morgan fingerprint density at radius 3 is 2.12 bits per heavy atom. The topological polar surface area (TPSA) is 101 Å². The maximum Gasteiger partial charge on any atom is 0.305 e. The summed E-state index contributed by atoms with van der Waals surface area (Å²) in [5, 5.41) is 9.53. The summed E-state index contributed by atoms with van der Waals surface area (Å²) in [5.74, 6) is -1.32. The third-order valence-electron chi connectivity index (χ3n) is 3.52. The van der Waals surface area contributed by atoms with Crippen molar-refractivity contribution in [2.45, 2.75) is 24.3 Å². The Kier molecular flexibility index (Phi) is 5.94. The number of rotatable bonds is 7. The van der Waals surface area contributed by atoms with Crippen LogP contribution in [0.5, 0.6) is 0 Å². The molecule has 0 aliphatic carbocycles. The first-order chi connectivity index (χ1) is 11.7. The first-order valence-corrected chi connectivity index (χ1v) is 9.16. The summed E-state index contributed by atoms with van der Waals surface area (Å²) in [6.45, 7) is 1.38. The molecule has 1 unspecified atom stereocenters. The van der Waals surface area contributed by atoms with Crippen molar-refractivity contribution < 1.29 is 23.1 Å². The van der Waals surface area contributed by atoms with Crippen LogP contribution in [-0.2, 0) is 14.8 Å². The van der Waals surface area contributed by atoms with Crippen molar-refractivity contribution in [2.75, 3.05) is 0 Å². The van der Waals surface area contributed by atoms with E-state index in [1.807, 2.05) is 0 Å². The fraction of sp³-hybridized carbons (Fsp3) is 0.176. The molecule has 0 aliphatic heterocycles. The third kappa shape index (κ3) is 5.12. The molecule has 2 N–H and O–H groups in total. The Morgan fingerprint density at radius 2 is 1.64 bits per heavy atom. The second kappa shape index (κ2) is 7.77. The van der Waals surface area contributed by atoms with Crippen molar-refractivity contribution in [2.24, 2.45) is 0 Å². The highest BCUT2D eigenvalue weighted by Crippen LogP contribution is 2.22. The summed E-state index contributed by atoms with van der Waals surface area (Å²) in [6.07, 6.45) is -0.424. The number of hydrogen-bond donors (Lipinski definition) is 2. The van der Waals surface area contributed by atoms with E-state index in [9.17, 15) is 18.0 Å². The Balaban J connectivity index is 2.31. The Morgan fingerprint density at radius 1 is 1.08 bits per heavy atom. The number of carbonyl (C=O) groups excluding carboxylic acids is 1. The minimum absolute atomic E-state index is 0.0538. The normalized spacial score (nSPS) is 12.6. The molecule has 1 atom stereocenters. The molecule has 0 radical (unpaired) electrons. The van der Waals surface area contributed by atoms with Gasteiger partial charge in [-0.15, -0.1) is 0 Å². The van der Waals surface area contributed by atoms with E-state index in [0.717, 1.165) is 0 Å². The van der Waals surface area contributed by atoms with E-state index in [-0.39, 0.29) is 10.7 Å². The number of sulfonamides is 1. The summed E-state index contributed by atoms with van der Waals surface area (Å²) in [6, 6.07) is 10.7. The number of carboxylic acid groups (broad SMARTS) is 1. The van der Waals surface area contributed by atoms with E-state index in [1.165, 1.54) is 31.2 Å². The fourth-order valence-electron chi connectivity index (χ4n) is 2.22. The van der Waals surface area contributed by atoms with Crippen LogP contribution < -0.4 is 4.72 Å². The molecule has 25 heavy (non-hydrogen) atoms. The second-order valence-corrected chi connectivity index (χ2v) is 7.55. The molecule has 2 aromatic carbocycles. The fourth-order valence-corrected chi connectivity index (χ4v) is 3.57. The minimum atomic E-state index is -3.96. The number of Topliss-reactive ketones (excluding diaryl/α,β-unsaturated/α-hetero) is 1. The molecule has 0 aromatic heterocycles. The van der Waals surface area contributed by atoms with Gasteiger partial charge in [0.1, 0.15) is 0 Å². The molecule has 0 spiro atoms. The van der Waals surface area contributed by atoms with Gasteiger partial charge in [-0.2, -0.15) is 0 Å². The highest BCUT2D eigenvalue weighted by molar-refractivity contribution is 7.89. The zero-order valence-electron chi connectivity index (χ0n) is 13.3. The summed E-state index contributed by atoms with van der Waals surface area (Å²) >= 11 is 5.81. The van der Waals surface area contributed by atoms with Crippen molar-refractivity contribution in [3.05, 3.63) is 64.7 Å². The SMILES string of the molecule is CC(=O)c1ccc(S(=O)(=O)NC(CC(=O)O)c2ccc(Cl)cc2)cc1. The number of ketones is 1. The van der Waals surface area contributed by atoms with Crippen LogP contribution in [0.3, 0.4) is 0 Å². The number of carbonyl (C=O) groups is 2. The van der Waals surface area contributed by atoms with Gasteiger partial charge in [-0.1, -0.05) is 35.9 Å². The first kappa shape index (κ1) is 19.1. The van der Waals surface area contributed by atoms with Gasteiger partial charge < -0.3 is 5.11 Å². The molecule has 0 saturated heterocycles. The van der Waals surface area contributed by atoms with E-state index in [0.29, 0.717) is 16.1 Å². The summed E-state index contributed by atoms with van der Waals surface area (Å²) in [4.78, 5) is 22.3. The Labute approximate surface area is 150 Å². The van der Waals surface area contributed by atoms with Gasteiger partial charge >= 0.3 is 5.97 Å². The number of aliphatic carboxylic acids is 1. The molecule has 8 heteroatoms. The average molecular weight is 382 g/mol. The van der Waals surface area contributed by atoms with E-state index < -0.39 is 28.5 Å². The van der Waals surface area contributed by atoms with E-state index in [1.54, 1.807) is 24.3 Å². The molecule has 2 rings (SSSR count). The highest BCUT2D eigenvalue weighted by atomic mass is 35.5. The van der Waals surface area contributed by atoms with Gasteiger partial charge in [0.25, 0.3) is 0 Å². The number of halogens is 1. The predicted molar refractivity (Wildman–Crippen MR) is 93.2 cm³/mol. The van der Waals surface area contributed by atoms with Crippen LogP contribution in [0.15, 0.2) is 53.4 Å². The monoisotopic (exact) mass is 381 g/mol.